The number of phenolic OH excluding ortho intramolecular Hbond substituents is 1. The quantitative estimate of drug-likeness (QED) is 0.812. The zero-order chi connectivity index (χ0) is 13.0. The van der Waals surface area contributed by atoms with Crippen molar-refractivity contribution < 1.29 is 10.2 Å². The van der Waals surface area contributed by atoms with Gasteiger partial charge in [0.2, 0.25) is 0 Å². The SMILES string of the molecule is OCc1ccccc1NCc1cccc(Br)c1O. The molecule has 0 saturated carbocycles. The van der Waals surface area contributed by atoms with Crippen molar-refractivity contribution >= 4 is 21.6 Å². The van der Waals surface area contributed by atoms with Gasteiger partial charge in [-0.15, -0.1) is 0 Å². The molecule has 2 rings (SSSR count). The Labute approximate surface area is 114 Å². The fraction of sp³-hybridized carbons (Fsp3) is 0.143. The molecule has 94 valence electrons. The van der Waals surface area contributed by atoms with Crippen molar-refractivity contribution in [1.29, 1.82) is 0 Å². The number of nitrogens with one attached hydrogen (secondary N) is 1. The lowest BCUT2D eigenvalue weighted by Crippen LogP contribution is -2.02. The van der Waals surface area contributed by atoms with Crippen LogP contribution in [0, 0.1) is 0 Å². The summed E-state index contributed by atoms with van der Waals surface area (Å²) in [5.74, 6) is 0.242. The molecule has 0 atom stereocenters. The predicted molar refractivity (Wildman–Crippen MR) is 75.5 cm³/mol. The monoisotopic (exact) mass is 307 g/mol. The molecular weight excluding hydrogens is 294 g/mol. The Hall–Kier alpha value is -1.52. The zero-order valence-corrected chi connectivity index (χ0v) is 11.3. The van der Waals surface area contributed by atoms with Gasteiger partial charge in [0.15, 0.2) is 0 Å². The van der Waals surface area contributed by atoms with Crippen molar-refractivity contribution in [3.63, 3.8) is 0 Å². The Morgan fingerprint density at radius 3 is 2.50 bits per heavy atom. The van der Waals surface area contributed by atoms with Crippen LogP contribution in [-0.4, -0.2) is 10.2 Å². The van der Waals surface area contributed by atoms with Crippen LogP contribution >= 0.6 is 15.9 Å². The normalized spacial score (nSPS) is 10.3. The van der Waals surface area contributed by atoms with Crippen LogP contribution < -0.4 is 5.32 Å². The molecule has 0 aliphatic rings. The topological polar surface area (TPSA) is 52.5 Å². The molecule has 0 bridgehead atoms. The number of benzene rings is 2. The third-order valence-electron chi connectivity index (χ3n) is 2.73. The molecule has 0 spiro atoms. The second-order valence-electron chi connectivity index (χ2n) is 3.92. The zero-order valence-electron chi connectivity index (χ0n) is 9.73. The molecule has 0 saturated heterocycles. The molecule has 0 aliphatic carbocycles. The van der Waals surface area contributed by atoms with Gasteiger partial charge >= 0.3 is 0 Å². The summed E-state index contributed by atoms with van der Waals surface area (Å²) in [7, 11) is 0. The maximum absolute atomic E-state index is 9.87. The van der Waals surface area contributed by atoms with Gasteiger partial charge in [0, 0.05) is 23.4 Å². The van der Waals surface area contributed by atoms with Crippen LogP contribution in [0.1, 0.15) is 11.1 Å². The van der Waals surface area contributed by atoms with Crippen LogP contribution in [0.5, 0.6) is 5.75 Å². The van der Waals surface area contributed by atoms with Crippen molar-refractivity contribution in [2.75, 3.05) is 5.32 Å². The standard InChI is InChI=1S/C14H14BrNO2/c15-12-6-3-5-10(14(12)18)8-16-13-7-2-1-4-11(13)9-17/h1-7,16-18H,8-9H2. The molecule has 0 aliphatic heterocycles. The number of anilines is 1. The number of aliphatic hydroxyl groups excluding tert-OH is 1. The van der Waals surface area contributed by atoms with Crippen LogP contribution in [0.3, 0.4) is 0 Å². The van der Waals surface area contributed by atoms with Crippen molar-refractivity contribution in [3.05, 3.63) is 58.1 Å². The predicted octanol–water partition coefficient (Wildman–Crippen LogP) is 3.26. The molecule has 4 heteroatoms. The molecule has 0 unspecified atom stereocenters. The van der Waals surface area contributed by atoms with Crippen molar-refractivity contribution in [1.82, 2.24) is 0 Å². The molecule has 2 aromatic rings. The molecule has 0 amide bonds. The Morgan fingerprint density at radius 1 is 1.00 bits per heavy atom. The average molecular weight is 308 g/mol. The van der Waals surface area contributed by atoms with Gasteiger partial charge in [-0.3, -0.25) is 0 Å². The lowest BCUT2D eigenvalue weighted by atomic mass is 10.1. The summed E-state index contributed by atoms with van der Waals surface area (Å²) >= 11 is 3.28. The fourth-order valence-electron chi connectivity index (χ4n) is 1.72. The summed E-state index contributed by atoms with van der Waals surface area (Å²) in [6, 6.07) is 13.1. The lowest BCUT2D eigenvalue weighted by molar-refractivity contribution is 0.282. The molecule has 0 radical (unpaired) electrons. The van der Waals surface area contributed by atoms with Gasteiger partial charge < -0.3 is 15.5 Å². The molecule has 2 aromatic carbocycles. The molecule has 18 heavy (non-hydrogen) atoms. The van der Waals surface area contributed by atoms with E-state index in [1.807, 2.05) is 36.4 Å². The van der Waals surface area contributed by atoms with Crippen molar-refractivity contribution in [2.45, 2.75) is 13.2 Å². The number of aliphatic hydroxyl groups is 1. The summed E-state index contributed by atoms with van der Waals surface area (Å²) in [5, 5.41) is 22.3. The van der Waals surface area contributed by atoms with Gasteiger partial charge in [-0.1, -0.05) is 30.3 Å². The van der Waals surface area contributed by atoms with Crippen molar-refractivity contribution in [2.24, 2.45) is 0 Å². The largest absolute Gasteiger partial charge is 0.506 e. The number of rotatable bonds is 4. The van der Waals surface area contributed by atoms with Gasteiger partial charge in [0.1, 0.15) is 5.75 Å². The molecule has 0 fully saturated rings. The molecule has 3 N–H and O–H groups in total. The van der Waals surface area contributed by atoms with Gasteiger partial charge in [0.25, 0.3) is 0 Å². The number of hydrogen-bond acceptors (Lipinski definition) is 3. The number of hydrogen-bond donors (Lipinski definition) is 3. The van der Waals surface area contributed by atoms with Crippen LogP contribution in [0.2, 0.25) is 0 Å². The highest BCUT2D eigenvalue weighted by atomic mass is 79.9. The third-order valence-corrected chi connectivity index (χ3v) is 3.37. The maximum Gasteiger partial charge on any atom is 0.134 e. The van der Waals surface area contributed by atoms with Crippen LogP contribution in [-0.2, 0) is 13.2 Å². The van der Waals surface area contributed by atoms with E-state index in [2.05, 4.69) is 21.2 Å². The van der Waals surface area contributed by atoms with E-state index >= 15 is 0 Å². The first-order chi connectivity index (χ1) is 8.72. The lowest BCUT2D eigenvalue weighted by Gasteiger charge is -2.11. The second-order valence-corrected chi connectivity index (χ2v) is 4.77. The number of halogens is 1. The smallest absolute Gasteiger partial charge is 0.134 e. The first-order valence-corrected chi connectivity index (χ1v) is 6.40. The van der Waals surface area contributed by atoms with E-state index in [1.54, 1.807) is 6.07 Å². The summed E-state index contributed by atoms with van der Waals surface area (Å²) in [6.45, 7) is 0.496. The Bertz CT molecular complexity index is 543. The Morgan fingerprint density at radius 2 is 1.72 bits per heavy atom. The number of para-hydroxylation sites is 2. The van der Waals surface area contributed by atoms with E-state index in [4.69, 9.17) is 0 Å². The van der Waals surface area contributed by atoms with Gasteiger partial charge in [-0.2, -0.15) is 0 Å². The minimum Gasteiger partial charge on any atom is -0.506 e. The third kappa shape index (κ3) is 2.83. The highest BCUT2D eigenvalue weighted by Crippen LogP contribution is 2.28. The molecule has 3 nitrogen and oxygen atoms in total. The van der Waals surface area contributed by atoms with E-state index in [1.165, 1.54) is 0 Å². The maximum atomic E-state index is 9.87. The number of aromatic hydroxyl groups is 1. The minimum atomic E-state index is -0.00631. The minimum absolute atomic E-state index is 0.00631. The van der Waals surface area contributed by atoms with E-state index < -0.39 is 0 Å². The summed E-state index contributed by atoms with van der Waals surface area (Å²) in [5.41, 5.74) is 2.52. The average Bonchev–Trinajstić information content (AvgIpc) is 2.41. The van der Waals surface area contributed by atoms with Gasteiger partial charge in [-0.05, 0) is 28.1 Å². The van der Waals surface area contributed by atoms with Crippen molar-refractivity contribution in [3.8, 4) is 5.75 Å². The van der Waals surface area contributed by atoms with Crippen LogP contribution in [0.15, 0.2) is 46.9 Å². The van der Waals surface area contributed by atoms with Gasteiger partial charge in [0.05, 0.1) is 11.1 Å². The Balaban J connectivity index is 2.14. The summed E-state index contributed by atoms with van der Waals surface area (Å²) < 4.78 is 0.678. The van der Waals surface area contributed by atoms with E-state index in [9.17, 15) is 10.2 Å². The van der Waals surface area contributed by atoms with Gasteiger partial charge in [-0.25, -0.2) is 0 Å². The highest BCUT2D eigenvalue weighted by molar-refractivity contribution is 9.10. The van der Waals surface area contributed by atoms with E-state index in [-0.39, 0.29) is 12.4 Å². The second kappa shape index (κ2) is 5.89. The van der Waals surface area contributed by atoms with E-state index in [0.717, 1.165) is 16.8 Å². The molecule has 0 aromatic heterocycles. The highest BCUT2D eigenvalue weighted by Gasteiger charge is 2.05. The first-order valence-electron chi connectivity index (χ1n) is 5.61. The summed E-state index contributed by atoms with van der Waals surface area (Å²) in [6.07, 6.45) is 0. The number of phenols is 1. The molecule has 0 heterocycles. The Kier molecular flexibility index (Phi) is 4.23. The van der Waals surface area contributed by atoms with Crippen LogP contribution in [0.25, 0.3) is 0 Å². The molecular formula is C14H14BrNO2. The fourth-order valence-corrected chi connectivity index (χ4v) is 2.13. The first kappa shape index (κ1) is 12.9. The van der Waals surface area contributed by atoms with E-state index in [0.29, 0.717) is 11.0 Å². The summed E-state index contributed by atoms with van der Waals surface area (Å²) in [4.78, 5) is 0. The van der Waals surface area contributed by atoms with Crippen LogP contribution in [0.4, 0.5) is 5.69 Å².